The summed E-state index contributed by atoms with van der Waals surface area (Å²) in [7, 11) is 0. The number of pyridine rings is 1. The number of rotatable bonds is 7. The first kappa shape index (κ1) is 19.0. The van der Waals surface area contributed by atoms with Gasteiger partial charge >= 0.3 is 0 Å². The van der Waals surface area contributed by atoms with Crippen molar-refractivity contribution in [1.29, 1.82) is 0 Å². The molecule has 0 aromatic carbocycles. The lowest BCUT2D eigenvalue weighted by atomic mass is 10.3. The van der Waals surface area contributed by atoms with Crippen molar-refractivity contribution in [2.45, 2.75) is 45.7 Å². The fraction of sp³-hybridized carbons (Fsp3) is 0.625. The highest BCUT2D eigenvalue weighted by atomic mass is 127. The van der Waals surface area contributed by atoms with Crippen LogP contribution < -0.4 is 16.2 Å². The minimum absolute atomic E-state index is 0. The fourth-order valence-electron chi connectivity index (χ4n) is 2.25. The van der Waals surface area contributed by atoms with Gasteiger partial charge in [-0.3, -0.25) is 9.79 Å². The molecule has 1 fully saturated rings. The quantitative estimate of drug-likeness (QED) is 0.309. The predicted octanol–water partition coefficient (Wildman–Crippen LogP) is 2.21. The molecule has 0 spiro atoms. The summed E-state index contributed by atoms with van der Waals surface area (Å²) >= 11 is 0. The van der Waals surface area contributed by atoms with Crippen molar-refractivity contribution >= 4 is 29.9 Å². The van der Waals surface area contributed by atoms with Gasteiger partial charge in [0.25, 0.3) is 0 Å². The number of aryl methyl sites for hydroxylation is 1. The van der Waals surface area contributed by atoms with Crippen LogP contribution in [0.5, 0.6) is 0 Å². The zero-order chi connectivity index (χ0) is 15.1. The molecule has 0 bridgehead atoms. The van der Waals surface area contributed by atoms with E-state index in [2.05, 4.69) is 29.5 Å². The summed E-state index contributed by atoms with van der Waals surface area (Å²) in [5.74, 6) is 1.68. The molecule has 5 nitrogen and oxygen atoms in total. The lowest BCUT2D eigenvalue weighted by molar-refractivity contribution is 0.597. The molecule has 0 aliphatic heterocycles. The van der Waals surface area contributed by atoms with Gasteiger partial charge in [0.2, 0.25) is 5.56 Å². The molecule has 2 unspecified atom stereocenters. The Kier molecular flexibility index (Phi) is 8.52. The number of aromatic nitrogens is 1. The Morgan fingerprint density at radius 3 is 2.82 bits per heavy atom. The molecule has 0 amide bonds. The summed E-state index contributed by atoms with van der Waals surface area (Å²) < 4.78 is 1.75. The zero-order valence-corrected chi connectivity index (χ0v) is 15.7. The number of halogens is 1. The molecule has 2 N–H and O–H groups in total. The summed E-state index contributed by atoms with van der Waals surface area (Å²) in [5.41, 5.74) is 0.0683. The van der Waals surface area contributed by atoms with Crippen LogP contribution in [0.4, 0.5) is 0 Å². The lowest BCUT2D eigenvalue weighted by Crippen LogP contribution is -2.39. The first-order valence-corrected chi connectivity index (χ1v) is 7.91. The van der Waals surface area contributed by atoms with Gasteiger partial charge < -0.3 is 15.2 Å². The SMILES string of the molecule is CCNC(=NCCCCn1ccccc1=O)NC1CC1C.I. The van der Waals surface area contributed by atoms with Gasteiger partial charge in [0.15, 0.2) is 5.96 Å². The minimum atomic E-state index is 0. The van der Waals surface area contributed by atoms with E-state index in [0.29, 0.717) is 6.04 Å². The molecule has 0 saturated heterocycles. The van der Waals surface area contributed by atoms with E-state index in [1.165, 1.54) is 6.42 Å². The van der Waals surface area contributed by atoms with Gasteiger partial charge in [-0.2, -0.15) is 0 Å². The largest absolute Gasteiger partial charge is 0.357 e. The van der Waals surface area contributed by atoms with E-state index in [1.807, 2.05) is 12.3 Å². The third-order valence-corrected chi connectivity index (χ3v) is 3.75. The van der Waals surface area contributed by atoms with Crippen molar-refractivity contribution < 1.29 is 0 Å². The molecule has 0 radical (unpaired) electrons. The Bertz CT molecular complexity index is 529. The van der Waals surface area contributed by atoms with Crippen LogP contribution in [0.3, 0.4) is 0 Å². The maximum absolute atomic E-state index is 11.6. The Hall–Kier alpha value is -1.05. The predicted molar refractivity (Wildman–Crippen MR) is 102 cm³/mol. The van der Waals surface area contributed by atoms with Crippen LogP contribution in [0, 0.1) is 5.92 Å². The number of unbranched alkanes of at least 4 members (excludes halogenated alkanes) is 1. The molecule has 1 aliphatic carbocycles. The molecule has 2 atom stereocenters. The highest BCUT2D eigenvalue weighted by Gasteiger charge is 2.33. The van der Waals surface area contributed by atoms with Crippen LogP contribution in [0.25, 0.3) is 0 Å². The Morgan fingerprint density at radius 2 is 2.18 bits per heavy atom. The Balaban J connectivity index is 0.00000242. The molecule has 2 rings (SSSR count). The average molecular weight is 418 g/mol. The number of nitrogens with zero attached hydrogens (tertiary/aromatic N) is 2. The van der Waals surface area contributed by atoms with Crippen LogP contribution in [-0.4, -0.2) is 29.7 Å². The highest BCUT2D eigenvalue weighted by Crippen LogP contribution is 2.28. The van der Waals surface area contributed by atoms with Crippen LogP contribution in [0.15, 0.2) is 34.2 Å². The van der Waals surface area contributed by atoms with Gasteiger partial charge in [-0.05, 0) is 38.2 Å². The second-order valence-corrected chi connectivity index (χ2v) is 5.66. The average Bonchev–Trinajstić information content (AvgIpc) is 3.16. The van der Waals surface area contributed by atoms with Gasteiger partial charge in [-0.15, -0.1) is 24.0 Å². The van der Waals surface area contributed by atoms with Crippen molar-refractivity contribution in [3.8, 4) is 0 Å². The summed E-state index contributed by atoms with van der Waals surface area (Å²) in [5, 5.41) is 6.72. The molecule has 1 aromatic rings. The normalized spacial score (nSPS) is 20.2. The first-order valence-electron chi connectivity index (χ1n) is 7.91. The van der Waals surface area contributed by atoms with Crippen molar-refractivity contribution in [1.82, 2.24) is 15.2 Å². The summed E-state index contributed by atoms with van der Waals surface area (Å²) in [4.78, 5) is 16.1. The molecule has 1 aromatic heterocycles. The smallest absolute Gasteiger partial charge is 0.250 e. The van der Waals surface area contributed by atoms with E-state index < -0.39 is 0 Å². The fourth-order valence-corrected chi connectivity index (χ4v) is 2.25. The van der Waals surface area contributed by atoms with Crippen molar-refractivity contribution in [3.63, 3.8) is 0 Å². The highest BCUT2D eigenvalue weighted by molar-refractivity contribution is 14.0. The molecular formula is C16H27IN4O. The number of guanidine groups is 1. The summed E-state index contributed by atoms with van der Waals surface area (Å²) in [6, 6.07) is 5.85. The maximum atomic E-state index is 11.6. The molecule has 1 aliphatic rings. The lowest BCUT2D eigenvalue weighted by Gasteiger charge is -2.10. The second kappa shape index (κ2) is 9.86. The first-order chi connectivity index (χ1) is 10.2. The molecule has 1 heterocycles. The number of nitrogens with one attached hydrogen (secondary N) is 2. The van der Waals surface area contributed by atoms with Crippen molar-refractivity contribution in [3.05, 3.63) is 34.7 Å². The minimum Gasteiger partial charge on any atom is -0.357 e. The van der Waals surface area contributed by atoms with Crippen LogP contribution in [-0.2, 0) is 6.54 Å². The number of hydrogen-bond donors (Lipinski definition) is 2. The third-order valence-electron chi connectivity index (χ3n) is 3.75. The van der Waals surface area contributed by atoms with E-state index in [9.17, 15) is 4.79 Å². The Morgan fingerprint density at radius 1 is 1.41 bits per heavy atom. The standard InChI is InChI=1S/C16H26N4O.HI/c1-3-17-16(19-14-12-13(14)2)18-9-5-7-11-20-10-6-4-8-15(20)21;/h4,6,8,10,13-14H,3,5,7,9,11-12H2,1-2H3,(H2,17,18,19);1H. The molecule has 1 saturated carbocycles. The van der Waals surface area contributed by atoms with Gasteiger partial charge in [-0.25, -0.2) is 0 Å². The van der Waals surface area contributed by atoms with E-state index in [-0.39, 0.29) is 29.5 Å². The van der Waals surface area contributed by atoms with Crippen LogP contribution >= 0.6 is 24.0 Å². The zero-order valence-electron chi connectivity index (χ0n) is 13.4. The van der Waals surface area contributed by atoms with Gasteiger partial charge in [-0.1, -0.05) is 13.0 Å². The Labute approximate surface area is 149 Å². The van der Waals surface area contributed by atoms with E-state index in [0.717, 1.165) is 44.4 Å². The third kappa shape index (κ3) is 6.37. The summed E-state index contributed by atoms with van der Waals surface area (Å²) in [6.45, 7) is 6.76. The van der Waals surface area contributed by atoms with Crippen LogP contribution in [0.1, 0.15) is 33.1 Å². The van der Waals surface area contributed by atoms with E-state index in [4.69, 9.17) is 0 Å². The maximum Gasteiger partial charge on any atom is 0.250 e. The van der Waals surface area contributed by atoms with Gasteiger partial charge in [0, 0.05) is 37.9 Å². The topological polar surface area (TPSA) is 58.4 Å². The van der Waals surface area contributed by atoms with Crippen molar-refractivity contribution in [2.24, 2.45) is 10.9 Å². The molecule has 6 heteroatoms. The molecular weight excluding hydrogens is 391 g/mol. The second-order valence-electron chi connectivity index (χ2n) is 5.66. The number of hydrogen-bond acceptors (Lipinski definition) is 2. The van der Waals surface area contributed by atoms with Crippen LogP contribution in [0.2, 0.25) is 0 Å². The van der Waals surface area contributed by atoms with E-state index in [1.54, 1.807) is 16.7 Å². The summed E-state index contributed by atoms with van der Waals surface area (Å²) in [6.07, 6.45) is 5.03. The number of aliphatic imine (C=N–C) groups is 1. The molecule has 22 heavy (non-hydrogen) atoms. The van der Waals surface area contributed by atoms with Crippen molar-refractivity contribution in [2.75, 3.05) is 13.1 Å². The molecule has 124 valence electrons. The van der Waals surface area contributed by atoms with Gasteiger partial charge in [0.1, 0.15) is 0 Å². The van der Waals surface area contributed by atoms with Gasteiger partial charge in [0.05, 0.1) is 0 Å². The van der Waals surface area contributed by atoms with E-state index >= 15 is 0 Å². The monoisotopic (exact) mass is 418 g/mol.